The fourth-order valence-corrected chi connectivity index (χ4v) is 0. The number of hydrogen-bond acceptors (Lipinski definition) is 3. The molecule has 0 radical (unpaired) electrons. The van der Waals surface area contributed by atoms with Gasteiger partial charge in [-0.1, -0.05) is 0 Å². The first kappa shape index (κ1) is 4.17. The first-order valence-electron chi connectivity index (χ1n) is 0.544. The third-order valence-corrected chi connectivity index (χ3v) is 0.109. The molecule has 0 aliphatic carbocycles. The predicted molar refractivity (Wildman–Crippen MR) is 5.27 cm³/mol. The van der Waals surface area contributed by atoms with Crippen LogP contribution in [0.2, 0.25) is 0 Å². The Kier molecular flexibility index (Phi) is 3.30. The number of halogens is 1. The molecule has 0 bridgehead atoms. The molecule has 4 heavy (non-hydrogen) atoms. The van der Waals surface area contributed by atoms with Crippen LogP contribution in [0, 0.1) is 11.3 Å². The van der Waals surface area contributed by atoms with Crippen molar-refractivity contribution in [2.45, 2.75) is 0 Å². The zero-order valence-corrected chi connectivity index (χ0v) is 2.53. The van der Waals surface area contributed by atoms with Gasteiger partial charge in [-0.3, -0.25) is 0 Å². The lowest BCUT2D eigenvalue weighted by atomic mass is 13.6. The summed E-state index contributed by atoms with van der Waals surface area (Å²) in [6, 6.07) is 0. The number of hydrogen-bond donors (Lipinski definition) is 1. The lowest BCUT2D eigenvalue weighted by Crippen LogP contribution is -2.07. The van der Waals surface area contributed by atoms with Gasteiger partial charge in [-0.25, -0.2) is 0 Å². The minimum Gasteiger partial charge on any atom is -0.504 e. The Morgan fingerprint density at radius 1 is 2.00 bits per heavy atom. The molecule has 0 atom stereocenters. The molecule has 0 saturated heterocycles. The third kappa shape index (κ3) is 2.17. The van der Waals surface area contributed by atoms with Gasteiger partial charge in [0.1, 0.15) is 0 Å². The Hall–Kier alpha value is 0.170. The van der Waals surface area contributed by atoms with E-state index in [-0.39, 0.29) is 11.3 Å². The Morgan fingerprint density at radius 2 is 2.25 bits per heavy atom. The lowest BCUT2D eigenvalue weighted by molar-refractivity contribution is -1.27. The molecule has 3 nitrogen and oxygen atoms in total. The predicted octanol–water partition coefficient (Wildman–Crippen LogP) is -1.85. The van der Waals surface area contributed by atoms with Gasteiger partial charge in [-0.05, 0) is 4.39 Å². The lowest BCUT2D eigenvalue weighted by Gasteiger charge is -1.62. The molecule has 0 rings (SSSR count). The molecule has 0 fully saturated rings. The first-order chi connectivity index (χ1) is 1.91. The Morgan fingerprint density at radius 3 is 2.25 bits per heavy atom. The second-order valence-electron chi connectivity index (χ2n) is 0.152. The summed E-state index contributed by atoms with van der Waals surface area (Å²) in [5, 5.41) is 0. The van der Waals surface area contributed by atoms with E-state index in [1.807, 2.05) is 0 Å². The second kappa shape index (κ2) is 3.17. The molecule has 4 heteroatoms. The van der Waals surface area contributed by atoms with E-state index in [0.29, 0.717) is 0 Å². The SMILES string of the molecule is NO[Cl+][O-]. The van der Waals surface area contributed by atoms with Crippen LogP contribution < -0.4 is 10.6 Å². The smallest absolute Gasteiger partial charge is 0.351 e. The summed E-state index contributed by atoms with van der Waals surface area (Å²) in [5.74, 6) is 4.15. The van der Waals surface area contributed by atoms with Gasteiger partial charge >= 0.3 is 11.3 Å². The fraction of sp³-hybridized carbons (Fsp3) is 0. The monoisotopic (exact) mass is 83.0 g/mol. The van der Waals surface area contributed by atoms with E-state index in [1.54, 1.807) is 0 Å². The standard InChI is InChI=1S/ClH2NO2/c2-4-1-3/h2H2. The largest absolute Gasteiger partial charge is 0.504 e. The van der Waals surface area contributed by atoms with Crippen LogP contribution in [0.3, 0.4) is 0 Å². The summed E-state index contributed by atoms with van der Waals surface area (Å²) in [7, 11) is 0. The van der Waals surface area contributed by atoms with E-state index in [0.717, 1.165) is 0 Å². The van der Waals surface area contributed by atoms with Gasteiger partial charge in [0, 0.05) is 0 Å². The van der Waals surface area contributed by atoms with E-state index in [1.165, 1.54) is 0 Å². The van der Waals surface area contributed by atoms with E-state index in [2.05, 4.69) is 10.3 Å². The zero-order chi connectivity index (χ0) is 3.41. The molecule has 0 heterocycles. The zero-order valence-electron chi connectivity index (χ0n) is 1.77. The minimum atomic E-state index is 0.242. The van der Waals surface area contributed by atoms with Gasteiger partial charge in [-0.2, -0.15) is 5.90 Å². The molecule has 0 unspecified atom stereocenters. The highest BCUT2D eigenvalue weighted by molar-refractivity contribution is 2.94. The van der Waals surface area contributed by atoms with Crippen LogP contribution in [-0.4, -0.2) is 0 Å². The van der Waals surface area contributed by atoms with Crippen LogP contribution in [0.4, 0.5) is 0 Å². The highest BCUT2D eigenvalue weighted by Crippen LogP contribution is 1.37. The second-order valence-corrected chi connectivity index (χ2v) is 0.456. The van der Waals surface area contributed by atoms with Crippen molar-refractivity contribution in [3.05, 3.63) is 0 Å². The Bertz CT molecular complexity index is 8.00. The maximum atomic E-state index is 8.81. The summed E-state index contributed by atoms with van der Waals surface area (Å²) in [6.07, 6.45) is 0. The Balaban J connectivity index is 1.97. The molecule has 0 aliphatic rings. The van der Waals surface area contributed by atoms with Crippen LogP contribution in [-0.2, 0) is 4.39 Å². The van der Waals surface area contributed by atoms with Crippen molar-refractivity contribution in [2.24, 2.45) is 5.90 Å². The summed E-state index contributed by atoms with van der Waals surface area (Å²) in [4.78, 5) is 0. The molecule has 0 amide bonds. The van der Waals surface area contributed by atoms with Crippen molar-refractivity contribution in [3.63, 3.8) is 0 Å². The third-order valence-electron chi connectivity index (χ3n) is 0.0364. The molecule has 2 N–H and O–H groups in total. The van der Waals surface area contributed by atoms with Crippen LogP contribution >= 0.6 is 0 Å². The average molecular weight is 83.5 g/mol. The van der Waals surface area contributed by atoms with E-state index >= 15 is 0 Å². The summed E-state index contributed by atoms with van der Waals surface area (Å²) >= 11 is 0.242. The van der Waals surface area contributed by atoms with Crippen molar-refractivity contribution in [2.75, 3.05) is 0 Å². The van der Waals surface area contributed by atoms with Crippen molar-refractivity contribution in [3.8, 4) is 0 Å². The number of nitrogens with two attached hydrogens (primary N) is 1. The minimum absolute atomic E-state index is 0.242. The molecule has 0 aromatic rings. The van der Waals surface area contributed by atoms with E-state index < -0.39 is 0 Å². The molecule has 0 aliphatic heterocycles. The average Bonchev–Trinajstić information content (AvgIpc) is 1.37. The normalized spacial score (nSPS) is 7.50. The van der Waals surface area contributed by atoms with E-state index in [9.17, 15) is 0 Å². The van der Waals surface area contributed by atoms with Crippen LogP contribution in [0.25, 0.3) is 0 Å². The van der Waals surface area contributed by atoms with Gasteiger partial charge in [0.2, 0.25) is 0 Å². The quantitative estimate of drug-likeness (QED) is 0.379. The number of rotatable bonds is 1. The van der Waals surface area contributed by atoms with Crippen LogP contribution in [0.5, 0.6) is 0 Å². The van der Waals surface area contributed by atoms with Gasteiger partial charge < -0.3 is 4.66 Å². The molecule has 0 saturated carbocycles. The highest BCUT2D eigenvalue weighted by Gasteiger charge is 1.68. The summed E-state index contributed by atoms with van der Waals surface area (Å²) in [6.45, 7) is 0. The molecule has 0 spiro atoms. The molecular formula is H2ClNO2. The fourth-order valence-electron chi connectivity index (χ4n) is 0. The summed E-state index contributed by atoms with van der Waals surface area (Å²) in [5.41, 5.74) is 0. The molecule has 26 valence electrons. The molecular weight excluding hydrogens is 81.5 g/mol. The van der Waals surface area contributed by atoms with Crippen molar-refractivity contribution in [1.29, 1.82) is 0 Å². The van der Waals surface area contributed by atoms with E-state index in [4.69, 9.17) is 4.66 Å². The maximum absolute atomic E-state index is 8.81. The van der Waals surface area contributed by atoms with Crippen molar-refractivity contribution < 1.29 is 20.4 Å². The van der Waals surface area contributed by atoms with Gasteiger partial charge in [0.25, 0.3) is 0 Å². The van der Waals surface area contributed by atoms with Crippen molar-refractivity contribution in [1.82, 2.24) is 0 Å². The highest BCUT2D eigenvalue weighted by atomic mass is 35.6. The van der Waals surface area contributed by atoms with Crippen molar-refractivity contribution >= 4 is 0 Å². The van der Waals surface area contributed by atoms with Gasteiger partial charge in [-0.15, -0.1) is 0 Å². The topological polar surface area (TPSA) is 58.3 Å². The first-order valence-corrected chi connectivity index (χ1v) is 1.16. The van der Waals surface area contributed by atoms with Gasteiger partial charge in [0.05, 0.1) is 0 Å². The van der Waals surface area contributed by atoms with Gasteiger partial charge in [0.15, 0.2) is 0 Å². The van der Waals surface area contributed by atoms with Crippen LogP contribution in [0.15, 0.2) is 0 Å². The molecule has 0 aromatic carbocycles. The molecule has 0 aromatic heterocycles. The van der Waals surface area contributed by atoms with Crippen LogP contribution in [0.1, 0.15) is 0 Å². The summed E-state index contributed by atoms with van der Waals surface area (Å²) < 4.78 is 12.2. The maximum Gasteiger partial charge on any atom is 0.351 e. The Labute approximate surface area is 27.4 Å².